The molecule has 1 heterocycles. The molecule has 2 aromatic carbocycles. The first kappa shape index (κ1) is 26.0. The summed E-state index contributed by atoms with van der Waals surface area (Å²) in [5, 5.41) is 6.70. The van der Waals surface area contributed by atoms with Gasteiger partial charge in [0.05, 0.1) is 7.11 Å². The number of aliphatic imine (C=N–C) groups is 1. The number of halogens is 1. The molecule has 6 nitrogen and oxygen atoms in total. The van der Waals surface area contributed by atoms with Gasteiger partial charge in [-0.05, 0) is 43.0 Å². The minimum absolute atomic E-state index is 0. The molecule has 1 fully saturated rings. The van der Waals surface area contributed by atoms with Crippen LogP contribution in [-0.2, 0) is 17.6 Å². The van der Waals surface area contributed by atoms with Crippen molar-refractivity contribution in [1.29, 1.82) is 0 Å². The summed E-state index contributed by atoms with van der Waals surface area (Å²) < 4.78 is 5.21. The van der Waals surface area contributed by atoms with Crippen LogP contribution in [0.25, 0.3) is 0 Å². The fraction of sp³-hybridized carbons (Fsp3) is 0.440. The van der Waals surface area contributed by atoms with E-state index >= 15 is 0 Å². The largest absolute Gasteiger partial charge is 0.497 e. The van der Waals surface area contributed by atoms with E-state index < -0.39 is 0 Å². The van der Waals surface area contributed by atoms with Gasteiger partial charge in [0.15, 0.2) is 5.96 Å². The molecule has 3 rings (SSSR count). The Morgan fingerprint density at radius 3 is 2.47 bits per heavy atom. The van der Waals surface area contributed by atoms with Gasteiger partial charge in [0, 0.05) is 45.1 Å². The number of likely N-dealkylation sites (tertiary alicyclic amines) is 1. The number of nitrogens with one attached hydrogen (secondary N) is 2. The molecule has 32 heavy (non-hydrogen) atoms. The van der Waals surface area contributed by atoms with Crippen molar-refractivity contribution in [2.75, 3.05) is 39.8 Å². The number of ether oxygens (including phenoxy) is 1. The fourth-order valence-electron chi connectivity index (χ4n) is 3.78. The molecule has 0 saturated carbocycles. The first-order valence-corrected chi connectivity index (χ1v) is 11.1. The first-order chi connectivity index (χ1) is 15.2. The van der Waals surface area contributed by atoms with Crippen LogP contribution in [-0.4, -0.2) is 56.6 Å². The average molecular weight is 550 g/mol. The van der Waals surface area contributed by atoms with E-state index in [-0.39, 0.29) is 35.8 Å². The van der Waals surface area contributed by atoms with Crippen LogP contribution in [0.5, 0.6) is 5.75 Å². The molecule has 2 aromatic rings. The Hall–Kier alpha value is -2.29. The van der Waals surface area contributed by atoms with Crippen LogP contribution in [0.2, 0.25) is 0 Å². The van der Waals surface area contributed by atoms with Gasteiger partial charge in [0.25, 0.3) is 0 Å². The van der Waals surface area contributed by atoms with Crippen molar-refractivity contribution in [3.05, 3.63) is 65.7 Å². The van der Waals surface area contributed by atoms with Crippen LogP contribution in [0, 0.1) is 5.92 Å². The molecule has 1 aliphatic rings. The van der Waals surface area contributed by atoms with Gasteiger partial charge in [0.1, 0.15) is 5.75 Å². The molecule has 1 unspecified atom stereocenters. The van der Waals surface area contributed by atoms with Gasteiger partial charge in [-0.1, -0.05) is 42.5 Å². The van der Waals surface area contributed by atoms with Crippen molar-refractivity contribution in [3.63, 3.8) is 0 Å². The number of hydrogen-bond acceptors (Lipinski definition) is 3. The normalized spacial score (nSPS) is 15.9. The SMILES string of the molecule is CCNC(=NCC1CC(=O)N(CCc2ccccc2)C1)NCCc1ccc(OC)cc1.I. The molecule has 174 valence electrons. The molecule has 1 saturated heterocycles. The monoisotopic (exact) mass is 550 g/mol. The molecule has 1 amide bonds. The van der Waals surface area contributed by atoms with Gasteiger partial charge < -0.3 is 20.3 Å². The van der Waals surface area contributed by atoms with Crippen molar-refractivity contribution in [2.45, 2.75) is 26.2 Å². The Bertz CT molecular complexity index is 843. The van der Waals surface area contributed by atoms with Crippen molar-refractivity contribution in [1.82, 2.24) is 15.5 Å². The molecule has 0 bridgehead atoms. The second-order valence-electron chi connectivity index (χ2n) is 7.89. The number of nitrogens with zero attached hydrogens (tertiary/aromatic N) is 2. The lowest BCUT2D eigenvalue weighted by Gasteiger charge is -2.16. The Balaban J connectivity index is 0.00000363. The number of carbonyl (C=O) groups is 1. The zero-order valence-electron chi connectivity index (χ0n) is 19.0. The third kappa shape index (κ3) is 8.33. The molecule has 0 aromatic heterocycles. The van der Waals surface area contributed by atoms with Gasteiger partial charge in [-0.2, -0.15) is 0 Å². The highest BCUT2D eigenvalue weighted by Gasteiger charge is 2.28. The van der Waals surface area contributed by atoms with E-state index in [1.54, 1.807) is 7.11 Å². The molecule has 0 aliphatic carbocycles. The summed E-state index contributed by atoms with van der Waals surface area (Å²) >= 11 is 0. The zero-order valence-corrected chi connectivity index (χ0v) is 21.4. The van der Waals surface area contributed by atoms with Gasteiger partial charge in [0.2, 0.25) is 5.91 Å². The van der Waals surface area contributed by atoms with E-state index in [0.717, 1.165) is 50.7 Å². The van der Waals surface area contributed by atoms with E-state index in [0.29, 0.717) is 13.0 Å². The first-order valence-electron chi connectivity index (χ1n) is 11.1. The molecule has 0 spiro atoms. The highest BCUT2D eigenvalue weighted by atomic mass is 127. The number of benzene rings is 2. The summed E-state index contributed by atoms with van der Waals surface area (Å²) in [7, 11) is 1.68. The molecule has 7 heteroatoms. The smallest absolute Gasteiger partial charge is 0.223 e. The number of guanidine groups is 1. The van der Waals surface area contributed by atoms with Crippen LogP contribution in [0.4, 0.5) is 0 Å². The van der Waals surface area contributed by atoms with Gasteiger partial charge in [-0.3, -0.25) is 9.79 Å². The summed E-state index contributed by atoms with van der Waals surface area (Å²) in [5.74, 6) is 2.20. The average Bonchev–Trinajstić information content (AvgIpc) is 3.16. The number of carbonyl (C=O) groups excluding carboxylic acids is 1. The minimum atomic E-state index is 0. The summed E-state index contributed by atoms with van der Waals surface area (Å²) in [5.41, 5.74) is 2.52. The number of methoxy groups -OCH3 is 1. The quantitative estimate of drug-likeness (QED) is 0.270. The van der Waals surface area contributed by atoms with Crippen LogP contribution in [0.1, 0.15) is 24.5 Å². The number of amides is 1. The highest BCUT2D eigenvalue weighted by molar-refractivity contribution is 14.0. The maximum Gasteiger partial charge on any atom is 0.223 e. The second-order valence-corrected chi connectivity index (χ2v) is 7.89. The summed E-state index contributed by atoms with van der Waals surface area (Å²) in [4.78, 5) is 19.1. The number of hydrogen-bond donors (Lipinski definition) is 2. The molecule has 0 radical (unpaired) electrons. The Morgan fingerprint density at radius 1 is 1.06 bits per heavy atom. The Kier molecular flexibility index (Phi) is 11.3. The van der Waals surface area contributed by atoms with Crippen LogP contribution >= 0.6 is 24.0 Å². The van der Waals surface area contributed by atoms with Crippen LogP contribution in [0.3, 0.4) is 0 Å². The van der Waals surface area contributed by atoms with E-state index in [1.165, 1.54) is 11.1 Å². The summed E-state index contributed by atoms with van der Waals surface area (Å²) in [6.45, 7) is 5.90. The Morgan fingerprint density at radius 2 is 1.78 bits per heavy atom. The van der Waals surface area contributed by atoms with Gasteiger partial charge >= 0.3 is 0 Å². The van der Waals surface area contributed by atoms with Crippen molar-refractivity contribution >= 4 is 35.8 Å². The third-order valence-corrected chi connectivity index (χ3v) is 5.52. The Labute approximate surface area is 208 Å². The maximum atomic E-state index is 12.4. The maximum absolute atomic E-state index is 12.4. The summed E-state index contributed by atoms with van der Waals surface area (Å²) in [6.07, 6.45) is 2.39. The van der Waals surface area contributed by atoms with Gasteiger partial charge in [-0.15, -0.1) is 24.0 Å². The van der Waals surface area contributed by atoms with Crippen molar-refractivity contribution < 1.29 is 9.53 Å². The highest BCUT2D eigenvalue weighted by Crippen LogP contribution is 2.18. The van der Waals surface area contributed by atoms with Crippen LogP contribution < -0.4 is 15.4 Å². The number of rotatable bonds is 10. The third-order valence-electron chi connectivity index (χ3n) is 5.52. The van der Waals surface area contributed by atoms with Crippen molar-refractivity contribution in [3.8, 4) is 5.75 Å². The fourth-order valence-corrected chi connectivity index (χ4v) is 3.78. The lowest BCUT2D eigenvalue weighted by molar-refractivity contribution is -0.127. The molecular weight excluding hydrogens is 515 g/mol. The standard InChI is InChI=1S/C25H34N4O2.HI/c1-3-26-25(27-15-13-21-9-11-23(31-2)12-10-21)28-18-22-17-24(30)29(19-22)16-14-20-7-5-4-6-8-20;/h4-12,22H,3,13-19H2,1-2H3,(H2,26,27,28);1H. The van der Waals surface area contributed by atoms with E-state index in [1.807, 2.05) is 35.2 Å². The molecule has 1 aliphatic heterocycles. The molecule has 2 N–H and O–H groups in total. The topological polar surface area (TPSA) is 66.0 Å². The molecule has 1 atom stereocenters. The van der Waals surface area contributed by atoms with Crippen LogP contribution in [0.15, 0.2) is 59.6 Å². The minimum Gasteiger partial charge on any atom is -0.497 e. The lowest BCUT2D eigenvalue weighted by atomic mass is 10.1. The van der Waals surface area contributed by atoms with Crippen molar-refractivity contribution in [2.24, 2.45) is 10.9 Å². The lowest BCUT2D eigenvalue weighted by Crippen LogP contribution is -2.38. The summed E-state index contributed by atoms with van der Waals surface area (Å²) in [6, 6.07) is 18.5. The predicted molar refractivity (Wildman–Crippen MR) is 141 cm³/mol. The molecular formula is C25H35IN4O2. The second kappa shape index (κ2) is 14.0. The van der Waals surface area contributed by atoms with E-state index in [4.69, 9.17) is 9.73 Å². The predicted octanol–water partition coefficient (Wildman–Crippen LogP) is 3.50. The van der Waals surface area contributed by atoms with E-state index in [2.05, 4.69) is 41.8 Å². The van der Waals surface area contributed by atoms with Gasteiger partial charge in [-0.25, -0.2) is 0 Å². The zero-order chi connectivity index (χ0) is 21.9. The van der Waals surface area contributed by atoms with E-state index in [9.17, 15) is 4.79 Å².